The van der Waals surface area contributed by atoms with E-state index in [2.05, 4.69) is 15.2 Å². The van der Waals surface area contributed by atoms with Gasteiger partial charge in [0.25, 0.3) is 14.2 Å². The fourth-order valence-corrected chi connectivity index (χ4v) is 2.49. The lowest BCUT2D eigenvalue weighted by Crippen LogP contribution is -2.06. The van der Waals surface area contributed by atoms with Crippen LogP contribution < -0.4 is 0 Å². The monoisotopic (exact) mass is 249 g/mol. The second-order valence-electron chi connectivity index (χ2n) is 3.78. The van der Waals surface area contributed by atoms with Crippen LogP contribution in [0.5, 0.6) is 0 Å². The van der Waals surface area contributed by atoms with Gasteiger partial charge in [0.2, 0.25) is 0 Å². The summed E-state index contributed by atoms with van der Waals surface area (Å²) >= 11 is 0. The molecule has 0 saturated heterocycles. The SMILES string of the molecule is O=S(=O)(Cl)c1n[nH]c(C2CCCCC2)n1. The first-order valence-corrected chi connectivity index (χ1v) is 7.25. The molecule has 5 nitrogen and oxygen atoms in total. The van der Waals surface area contributed by atoms with Crippen molar-refractivity contribution in [2.45, 2.75) is 43.2 Å². The predicted octanol–water partition coefficient (Wildman–Crippen LogP) is 1.78. The van der Waals surface area contributed by atoms with Crippen molar-refractivity contribution in [2.75, 3.05) is 0 Å². The summed E-state index contributed by atoms with van der Waals surface area (Å²) in [6.07, 6.45) is 5.64. The van der Waals surface area contributed by atoms with Gasteiger partial charge in [-0.3, -0.25) is 5.10 Å². The van der Waals surface area contributed by atoms with Gasteiger partial charge in [0, 0.05) is 16.6 Å². The Morgan fingerprint density at radius 2 is 1.93 bits per heavy atom. The van der Waals surface area contributed by atoms with Crippen LogP contribution in [-0.2, 0) is 9.05 Å². The van der Waals surface area contributed by atoms with Crippen molar-refractivity contribution in [1.29, 1.82) is 0 Å². The van der Waals surface area contributed by atoms with Gasteiger partial charge in [0.05, 0.1) is 0 Å². The fraction of sp³-hybridized carbons (Fsp3) is 0.750. The summed E-state index contributed by atoms with van der Waals surface area (Å²) in [5, 5.41) is 5.95. The molecule has 1 fully saturated rings. The molecule has 1 N–H and O–H groups in total. The van der Waals surface area contributed by atoms with E-state index in [4.69, 9.17) is 10.7 Å². The van der Waals surface area contributed by atoms with Crippen molar-refractivity contribution >= 4 is 19.7 Å². The van der Waals surface area contributed by atoms with Gasteiger partial charge in [-0.1, -0.05) is 19.3 Å². The highest BCUT2D eigenvalue weighted by Gasteiger charge is 2.22. The molecule has 84 valence electrons. The fourth-order valence-electron chi connectivity index (χ4n) is 1.93. The first-order chi connectivity index (χ1) is 7.07. The maximum atomic E-state index is 10.9. The van der Waals surface area contributed by atoms with Crippen LogP contribution in [0.2, 0.25) is 0 Å². The zero-order valence-corrected chi connectivity index (χ0v) is 9.68. The molecule has 2 rings (SSSR count). The van der Waals surface area contributed by atoms with Gasteiger partial charge in [-0.05, 0) is 12.8 Å². The number of halogens is 1. The van der Waals surface area contributed by atoms with E-state index in [0.717, 1.165) is 25.7 Å². The highest BCUT2D eigenvalue weighted by molar-refractivity contribution is 8.13. The molecule has 0 bridgehead atoms. The van der Waals surface area contributed by atoms with Crippen LogP contribution in [0, 0.1) is 0 Å². The maximum absolute atomic E-state index is 10.9. The van der Waals surface area contributed by atoms with Gasteiger partial charge in [-0.15, -0.1) is 5.10 Å². The molecule has 1 aliphatic rings. The molecule has 0 unspecified atom stereocenters. The summed E-state index contributed by atoms with van der Waals surface area (Å²) in [7, 11) is 1.34. The van der Waals surface area contributed by atoms with Gasteiger partial charge in [-0.2, -0.15) is 0 Å². The summed E-state index contributed by atoms with van der Waals surface area (Å²) in [5.41, 5.74) is 0. The maximum Gasteiger partial charge on any atom is 0.298 e. The van der Waals surface area contributed by atoms with Crippen LogP contribution in [0.3, 0.4) is 0 Å². The lowest BCUT2D eigenvalue weighted by Gasteiger charge is -2.18. The van der Waals surface area contributed by atoms with Crippen molar-refractivity contribution in [2.24, 2.45) is 0 Å². The Hall–Kier alpha value is -0.620. The molecule has 0 spiro atoms. The first-order valence-electron chi connectivity index (χ1n) is 4.94. The highest BCUT2D eigenvalue weighted by atomic mass is 35.7. The van der Waals surface area contributed by atoms with Crippen LogP contribution in [0.1, 0.15) is 43.8 Å². The molecule has 0 aromatic carbocycles. The molecule has 0 aliphatic heterocycles. The summed E-state index contributed by atoms with van der Waals surface area (Å²) < 4.78 is 21.9. The minimum Gasteiger partial charge on any atom is -0.262 e. The standard InChI is InChI=1S/C8H12ClN3O2S/c9-15(13,14)8-10-7(11-12-8)6-4-2-1-3-5-6/h6H,1-5H2,(H,10,11,12). The number of hydrogen-bond donors (Lipinski definition) is 1. The molecule has 15 heavy (non-hydrogen) atoms. The van der Waals surface area contributed by atoms with Gasteiger partial charge in [-0.25, -0.2) is 13.4 Å². The molecule has 0 radical (unpaired) electrons. The second kappa shape index (κ2) is 4.09. The Morgan fingerprint density at radius 3 is 2.47 bits per heavy atom. The summed E-state index contributed by atoms with van der Waals surface area (Å²) in [4.78, 5) is 3.92. The van der Waals surface area contributed by atoms with Crippen molar-refractivity contribution in [3.05, 3.63) is 5.82 Å². The quantitative estimate of drug-likeness (QED) is 0.811. The Labute approximate surface area is 92.7 Å². The summed E-state index contributed by atoms with van der Waals surface area (Å²) in [5.74, 6) is 0.951. The molecular formula is C8H12ClN3O2S. The molecule has 1 aromatic heterocycles. The number of nitrogens with one attached hydrogen (secondary N) is 1. The number of nitrogens with zero attached hydrogens (tertiary/aromatic N) is 2. The molecular weight excluding hydrogens is 238 g/mol. The topological polar surface area (TPSA) is 75.7 Å². The average molecular weight is 250 g/mol. The van der Waals surface area contributed by atoms with E-state index < -0.39 is 9.05 Å². The lowest BCUT2D eigenvalue weighted by molar-refractivity contribution is 0.429. The van der Waals surface area contributed by atoms with E-state index >= 15 is 0 Å². The Morgan fingerprint density at radius 1 is 1.27 bits per heavy atom. The third kappa shape index (κ3) is 2.49. The number of rotatable bonds is 2. The van der Waals surface area contributed by atoms with Gasteiger partial charge >= 0.3 is 0 Å². The normalized spacial score (nSPS) is 19.3. The zero-order chi connectivity index (χ0) is 10.9. The zero-order valence-electron chi connectivity index (χ0n) is 8.11. The highest BCUT2D eigenvalue weighted by Crippen LogP contribution is 2.30. The van der Waals surface area contributed by atoms with Crippen molar-refractivity contribution < 1.29 is 8.42 Å². The predicted molar refractivity (Wildman–Crippen MR) is 55.2 cm³/mol. The number of aromatic nitrogens is 3. The summed E-state index contributed by atoms with van der Waals surface area (Å²) in [6, 6.07) is 0. The van der Waals surface area contributed by atoms with E-state index in [1.54, 1.807) is 0 Å². The lowest BCUT2D eigenvalue weighted by atomic mass is 9.89. The van der Waals surface area contributed by atoms with Gasteiger partial charge in [0.15, 0.2) is 0 Å². The molecule has 0 amide bonds. The van der Waals surface area contributed by atoms with Crippen LogP contribution in [0.4, 0.5) is 0 Å². The third-order valence-electron chi connectivity index (χ3n) is 2.69. The Balaban J connectivity index is 2.19. The molecule has 1 aromatic rings. The number of aromatic amines is 1. The van der Waals surface area contributed by atoms with Crippen LogP contribution in [0.15, 0.2) is 5.16 Å². The number of hydrogen-bond acceptors (Lipinski definition) is 4. The van der Waals surface area contributed by atoms with Crippen LogP contribution in [-0.4, -0.2) is 23.6 Å². The molecule has 1 heterocycles. The van der Waals surface area contributed by atoms with Crippen LogP contribution >= 0.6 is 10.7 Å². The molecule has 1 aliphatic carbocycles. The average Bonchev–Trinajstić information content (AvgIpc) is 2.67. The van der Waals surface area contributed by atoms with E-state index in [-0.39, 0.29) is 5.16 Å². The molecule has 7 heteroatoms. The van der Waals surface area contributed by atoms with E-state index in [0.29, 0.717) is 11.7 Å². The second-order valence-corrected chi connectivity index (χ2v) is 6.24. The minimum atomic E-state index is -3.80. The number of H-pyrrole nitrogens is 1. The molecule has 0 atom stereocenters. The third-order valence-corrected chi connectivity index (χ3v) is 3.72. The van der Waals surface area contributed by atoms with E-state index in [9.17, 15) is 8.42 Å². The Bertz CT molecular complexity index is 436. The Kier molecular flexibility index (Phi) is 2.97. The minimum absolute atomic E-state index is 0.304. The smallest absolute Gasteiger partial charge is 0.262 e. The van der Waals surface area contributed by atoms with Gasteiger partial charge in [0.1, 0.15) is 5.82 Å². The molecule has 1 saturated carbocycles. The largest absolute Gasteiger partial charge is 0.298 e. The van der Waals surface area contributed by atoms with Crippen molar-refractivity contribution in [3.63, 3.8) is 0 Å². The van der Waals surface area contributed by atoms with E-state index in [1.165, 1.54) is 6.42 Å². The van der Waals surface area contributed by atoms with Crippen molar-refractivity contribution in [1.82, 2.24) is 15.2 Å². The van der Waals surface area contributed by atoms with E-state index in [1.807, 2.05) is 0 Å². The summed E-state index contributed by atoms with van der Waals surface area (Å²) in [6.45, 7) is 0. The van der Waals surface area contributed by atoms with Crippen LogP contribution in [0.25, 0.3) is 0 Å². The van der Waals surface area contributed by atoms with Gasteiger partial charge < -0.3 is 0 Å². The van der Waals surface area contributed by atoms with Crippen molar-refractivity contribution in [3.8, 4) is 0 Å². The first kappa shape index (κ1) is 10.9.